The minimum Gasteiger partial charge on any atom is -0.381 e. The number of fused-ring (bicyclic) bond motifs is 1. The van der Waals surface area contributed by atoms with Crippen LogP contribution in [0.25, 0.3) is 11.2 Å². The van der Waals surface area contributed by atoms with Gasteiger partial charge in [-0.05, 0) is 62.8 Å². The van der Waals surface area contributed by atoms with Crippen LogP contribution in [0.5, 0.6) is 0 Å². The lowest BCUT2D eigenvalue weighted by molar-refractivity contribution is -0.122. The molecule has 10 heteroatoms. The van der Waals surface area contributed by atoms with Crippen molar-refractivity contribution in [3.05, 3.63) is 36.3 Å². The van der Waals surface area contributed by atoms with E-state index >= 15 is 0 Å². The fourth-order valence-corrected chi connectivity index (χ4v) is 4.70. The molecule has 1 amide bonds. The standard InChI is InChI=1S/C23H28FN7O2/c24-15-3-5-16(6-4-15)28-23-29-19-13-26-22(27-17-9-11-33-12-10-17)30-21(19)31(23)18-7-1-14(2-8-18)20(25)32/h3-6,13-14,17-18H,1-2,7-12H2,(H2,25,32)(H,28,29)(H,26,27,30). The van der Waals surface area contributed by atoms with Gasteiger partial charge in [-0.15, -0.1) is 0 Å². The average molecular weight is 454 g/mol. The Morgan fingerprint density at radius 2 is 1.79 bits per heavy atom. The second kappa shape index (κ2) is 9.30. The van der Waals surface area contributed by atoms with E-state index in [0.717, 1.165) is 63.1 Å². The van der Waals surface area contributed by atoms with Gasteiger partial charge in [-0.1, -0.05) is 0 Å². The number of nitrogens with one attached hydrogen (secondary N) is 2. The molecule has 1 saturated carbocycles. The van der Waals surface area contributed by atoms with Crippen LogP contribution in [-0.4, -0.2) is 44.7 Å². The maximum absolute atomic E-state index is 13.4. The number of nitrogens with zero attached hydrogens (tertiary/aromatic N) is 4. The Balaban J connectivity index is 1.48. The van der Waals surface area contributed by atoms with Crippen molar-refractivity contribution in [1.82, 2.24) is 19.5 Å². The molecule has 3 aromatic rings. The van der Waals surface area contributed by atoms with E-state index in [9.17, 15) is 9.18 Å². The minimum absolute atomic E-state index is 0.0927. The summed E-state index contributed by atoms with van der Waals surface area (Å²) in [6.45, 7) is 1.46. The third kappa shape index (κ3) is 4.75. The zero-order chi connectivity index (χ0) is 22.8. The summed E-state index contributed by atoms with van der Waals surface area (Å²) in [6.07, 6.45) is 6.60. The predicted octanol–water partition coefficient (Wildman–Crippen LogP) is 3.52. The summed E-state index contributed by atoms with van der Waals surface area (Å²) in [5.74, 6) is 0.559. The molecule has 4 N–H and O–H groups in total. The number of imidazole rings is 1. The van der Waals surface area contributed by atoms with Crippen LogP contribution >= 0.6 is 0 Å². The lowest BCUT2D eigenvalue weighted by Crippen LogP contribution is -2.29. The van der Waals surface area contributed by atoms with E-state index in [4.69, 9.17) is 20.4 Å². The number of rotatable bonds is 6. The monoisotopic (exact) mass is 453 g/mol. The molecule has 174 valence electrons. The fraction of sp³-hybridized carbons (Fsp3) is 0.478. The quantitative estimate of drug-likeness (QED) is 0.522. The highest BCUT2D eigenvalue weighted by atomic mass is 19.1. The first-order valence-electron chi connectivity index (χ1n) is 11.5. The van der Waals surface area contributed by atoms with Crippen molar-refractivity contribution in [2.45, 2.75) is 50.6 Å². The molecule has 5 rings (SSSR count). The van der Waals surface area contributed by atoms with Gasteiger partial charge in [0, 0.05) is 36.9 Å². The van der Waals surface area contributed by atoms with Gasteiger partial charge in [-0.25, -0.2) is 14.4 Å². The molecule has 0 radical (unpaired) electrons. The first-order chi connectivity index (χ1) is 16.1. The molecule has 1 aliphatic heterocycles. The van der Waals surface area contributed by atoms with Crippen LogP contribution in [-0.2, 0) is 9.53 Å². The molecule has 0 atom stereocenters. The van der Waals surface area contributed by atoms with Gasteiger partial charge in [0.05, 0.1) is 6.20 Å². The molecular formula is C23H28FN7O2. The number of carbonyl (C=O) groups excluding carboxylic acids is 1. The molecule has 2 aliphatic rings. The van der Waals surface area contributed by atoms with Crippen LogP contribution in [0.2, 0.25) is 0 Å². The highest BCUT2D eigenvalue weighted by molar-refractivity contribution is 5.77. The Hall–Kier alpha value is -3.27. The van der Waals surface area contributed by atoms with Crippen LogP contribution in [0.1, 0.15) is 44.6 Å². The third-order valence-corrected chi connectivity index (χ3v) is 6.55. The maximum Gasteiger partial charge on any atom is 0.224 e. The number of anilines is 3. The molecule has 0 bridgehead atoms. The van der Waals surface area contributed by atoms with E-state index in [0.29, 0.717) is 17.4 Å². The number of primary amides is 1. The summed E-state index contributed by atoms with van der Waals surface area (Å²) in [5, 5.41) is 6.73. The molecule has 2 fully saturated rings. The highest BCUT2D eigenvalue weighted by Gasteiger charge is 2.29. The minimum atomic E-state index is -0.298. The fourth-order valence-electron chi connectivity index (χ4n) is 4.70. The number of nitrogens with two attached hydrogens (primary N) is 1. The number of ether oxygens (including phenoxy) is 1. The van der Waals surface area contributed by atoms with Crippen molar-refractivity contribution in [3.8, 4) is 0 Å². The van der Waals surface area contributed by atoms with E-state index in [1.54, 1.807) is 18.3 Å². The molecular weight excluding hydrogens is 425 g/mol. The lowest BCUT2D eigenvalue weighted by atomic mass is 9.85. The highest BCUT2D eigenvalue weighted by Crippen LogP contribution is 2.37. The second-order valence-electron chi connectivity index (χ2n) is 8.78. The lowest BCUT2D eigenvalue weighted by Gasteiger charge is -2.29. The number of hydrogen-bond acceptors (Lipinski definition) is 7. The maximum atomic E-state index is 13.4. The van der Waals surface area contributed by atoms with Crippen molar-refractivity contribution in [3.63, 3.8) is 0 Å². The van der Waals surface area contributed by atoms with E-state index in [-0.39, 0.29) is 29.7 Å². The van der Waals surface area contributed by atoms with Crippen molar-refractivity contribution in [2.75, 3.05) is 23.8 Å². The van der Waals surface area contributed by atoms with E-state index in [1.165, 1.54) is 12.1 Å². The van der Waals surface area contributed by atoms with Crippen LogP contribution in [0.4, 0.5) is 22.0 Å². The zero-order valence-corrected chi connectivity index (χ0v) is 18.3. The Morgan fingerprint density at radius 3 is 2.48 bits per heavy atom. The van der Waals surface area contributed by atoms with Crippen molar-refractivity contribution < 1.29 is 13.9 Å². The Bertz CT molecular complexity index is 1120. The van der Waals surface area contributed by atoms with Gasteiger partial charge in [0.1, 0.15) is 11.3 Å². The molecule has 0 spiro atoms. The summed E-state index contributed by atoms with van der Waals surface area (Å²) < 4.78 is 20.9. The summed E-state index contributed by atoms with van der Waals surface area (Å²) in [7, 11) is 0. The van der Waals surface area contributed by atoms with Crippen LogP contribution in [0, 0.1) is 11.7 Å². The molecule has 3 heterocycles. The number of benzene rings is 1. The summed E-state index contributed by atoms with van der Waals surface area (Å²) >= 11 is 0. The largest absolute Gasteiger partial charge is 0.381 e. The summed E-state index contributed by atoms with van der Waals surface area (Å²) in [6, 6.07) is 6.54. The van der Waals surface area contributed by atoms with Gasteiger partial charge in [-0.2, -0.15) is 4.98 Å². The van der Waals surface area contributed by atoms with Gasteiger partial charge >= 0.3 is 0 Å². The number of hydrogen-bond donors (Lipinski definition) is 3. The van der Waals surface area contributed by atoms with Gasteiger partial charge in [0.15, 0.2) is 5.65 Å². The SMILES string of the molecule is NC(=O)C1CCC(n2c(Nc3ccc(F)cc3)nc3cnc(NC4CCOCC4)nc32)CC1. The van der Waals surface area contributed by atoms with Crippen molar-refractivity contribution in [1.29, 1.82) is 0 Å². The van der Waals surface area contributed by atoms with Gasteiger partial charge in [0.25, 0.3) is 0 Å². The number of aromatic nitrogens is 4. The molecule has 33 heavy (non-hydrogen) atoms. The number of carbonyl (C=O) groups is 1. The third-order valence-electron chi connectivity index (χ3n) is 6.55. The number of halogens is 1. The molecule has 1 aliphatic carbocycles. The first kappa shape index (κ1) is 21.6. The van der Waals surface area contributed by atoms with Gasteiger partial charge in [-0.3, -0.25) is 9.36 Å². The van der Waals surface area contributed by atoms with Crippen molar-refractivity contribution >= 4 is 34.7 Å². The normalized spacial score (nSPS) is 21.7. The van der Waals surface area contributed by atoms with E-state index < -0.39 is 0 Å². The summed E-state index contributed by atoms with van der Waals surface area (Å²) in [4.78, 5) is 25.7. The molecule has 1 aromatic carbocycles. The Labute approximate surface area is 190 Å². The zero-order valence-electron chi connectivity index (χ0n) is 18.3. The smallest absolute Gasteiger partial charge is 0.224 e. The molecule has 0 unspecified atom stereocenters. The van der Waals surface area contributed by atoms with E-state index in [2.05, 4.69) is 20.2 Å². The first-order valence-corrected chi connectivity index (χ1v) is 11.5. The molecule has 2 aromatic heterocycles. The predicted molar refractivity (Wildman–Crippen MR) is 123 cm³/mol. The molecule has 9 nitrogen and oxygen atoms in total. The van der Waals surface area contributed by atoms with Crippen LogP contribution in [0.15, 0.2) is 30.5 Å². The number of amides is 1. The Morgan fingerprint density at radius 1 is 1.06 bits per heavy atom. The van der Waals surface area contributed by atoms with E-state index in [1.807, 2.05) is 0 Å². The second-order valence-corrected chi connectivity index (χ2v) is 8.78. The van der Waals surface area contributed by atoms with Gasteiger partial charge in [0.2, 0.25) is 17.8 Å². The summed E-state index contributed by atoms with van der Waals surface area (Å²) in [5.41, 5.74) is 7.67. The van der Waals surface area contributed by atoms with Gasteiger partial charge < -0.3 is 21.1 Å². The van der Waals surface area contributed by atoms with Crippen molar-refractivity contribution in [2.24, 2.45) is 11.7 Å². The van der Waals surface area contributed by atoms with Crippen LogP contribution in [0.3, 0.4) is 0 Å². The Kier molecular flexibility index (Phi) is 6.08. The average Bonchev–Trinajstić information content (AvgIpc) is 3.18. The molecule has 1 saturated heterocycles. The topological polar surface area (TPSA) is 120 Å². The van der Waals surface area contributed by atoms with Crippen LogP contribution < -0.4 is 16.4 Å².